The van der Waals surface area contributed by atoms with Crippen LogP contribution in [-0.2, 0) is 23.8 Å². The second-order valence-electron chi connectivity index (χ2n) is 20.4. The number of rotatable bonds is 12. The average Bonchev–Trinajstić information content (AvgIpc) is 4.23. The summed E-state index contributed by atoms with van der Waals surface area (Å²) in [6.07, 6.45) is 7.32. The fourth-order valence-electron chi connectivity index (χ4n) is 11.2. The van der Waals surface area contributed by atoms with Crippen molar-refractivity contribution in [2.45, 2.75) is 129 Å². The van der Waals surface area contributed by atoms with Crippen LogP contribution in [0.1, 0.15) is 126 Å². The predicted octanol–water partition coefficient (Wildman–Crippen LogP) is 9.38. The zero-order valence-corrected chi connectivity index (χ0v) is 43.2. The van der Waals surface area contributed by atoms with E-state index < -0.39 is 36.3 Å². The summed E-state index contributed by atoms with van der Waals surface area (Å²) in [4.78, 5) is 79.0. The number of thiazole rings is 1. The number of nitrogens with one attached hydrogen (secondary N) is 4. The first kappa shape index (κ1) is 49.8. The number of aromatic amines is 2. The number of ether oxygens (including phenoxy) is 4. The van der Waals surface area contributed by atoms with E-state index in [4.69, 9.17) is 33.9 Å². The zero-order valence-electron chi connectivity index (χ0n) is 42.4. The van der Waals surface area contributed by atoms with Crippen molar-refractivity contribution in [3.05, 3.63) is 82.3 Å². The third-order valence-electron chi connectivity index (χ3n) is 14.8. The fraction of sp³-hybridized carbons (Fsp3) is 0.491. The van der Waals surface area contributed by atoms with Gasteiger partial charge in [0.1, 0.15) is 35.3 Å². The first-order valence-electron chi connectivity index (χ1n) is 25.3. The Morgan fingerprint density at radius 1 is 0.795 bits per heavy atom. The molecule has 8 heterocycles. The van der Waals surface area contributed by atoms with E-state index in [1.165, 1.54) is 20.3 Å². The van der Waals surface area contributed by atoms with Gasteiger partial charge in [0.05, 0.1) is 79.1 Å². The highest BCUT2D eigenvalue weighted by molar-refractivity contribution is 7.11. The minimum absolute atomic E-state index is 0.0546. The molecule has 0 spiro atoms. The van der Waals surface area contributed by atoms with Crippen LogP contribution in [0.3, 0.4) is 0 Å². The Hall–Kier alpha value is -6.80. The van der Waals surface area contributed by atoms with Gasteiger partial charge in [-0.25, -0.2) is 28.9 Å². The average molecular weight is 1020 g/mol. The molecule has 386 valence electrons. The number of fused-ring (bicyclic) bond motifs is 5. The van der Waals surface area contributed by atoms with Gasteiger partial charge in [-0.3, -0.25) is 14.2 Å². The topological polar surface area (TPSA) is 211 Å². The number of imidazole rings is 2. The Morgan fingerprint density at radius 2 is 1.42 bits per heavy atom. The van der Waals surface area contributed by atoms with Crippen LogP contribution in [0, 0.1) is 17.7 Å². The number of methoxy groups -OCH3 is 2. The van der Waals surface area contributed by atoms with Crippen LogP contribution in [-0.4, -0.2) is 115 Å². The maximum atomic E-state index is 17.0. The standard InChI is InChI=1S/C53H63FN10O8S/c1-26(2)42-25-57-48(73-42)51-64-37-14-13-30(35-23-55-46(58-35)39-12-10-16-63(39)50(66)45(61-53(68)70-8)33-17-28(5)71-29(6)18-33)19-32(37)21-40(64)43-34(54)20-31(22-41(43)72-51)36-24-56-47(59-36)38-11-9-15-62(38)49(65)44(27(3)4)60-52(67)69-7/h13-14,19-29,33,38-39,44-45,51H,9-12,15-18H2,1-8H3,(H,55,58)(H,56,59)(H,60,67)(H,61,68)/t28-,29+,33?,38-,39-,44-,45-,51?/m0/s1. The molecule has 3 fully saturated rings. The summed E-state index contributed by atoms with van der Waals surface area (Å²) in [6.45, 7) is 13.0. The molecule has 0 aliphatic carbocycles. The number of alkyl carbamates (subject to hydrolysis) is 2. The van der Waals surface area contributed by atoms with Gasteiger partial charge in [0, 0.05) is 40.7 Å². The summed E-state index contributed by atoms with van der Waals surface area (Å²) in [6, 6.07) is 9.06. The first-order valence-corrected chi connectivity index (χ1v) is 26.1. The van der Waals surface area contributed by atoms with Crippen molar-refractivity contribution in [2.75, 3.05) is 27.3 Å². The number of carbonyl (C=O) groups is 4. The van der Waals surface area contributed by atoms with Crippen LogP contribution in [0.15, 0.2) is 55.0 Å². The van der Waals surface area contributed by atoms with Gasteiger partial charge in [-0.1, -0.05) is 33.8 Å². The summed E-state index contributed by atoms with van der Waals surface area (Å²) >= 11 is 1.56. The minimum Gasteiger partial charge on any atom is -0.462 e. The van der Waals surface area contributed by atoms with Gasteiger partial charge in [-0.05, 0) is 100 Å². The van der Waals surface area contributed by atoms with Gasteiger partial charge in [0.2, 0.25) is 18.0 Å². The summed E-state index contributed by atoms with van der Waals surface area (Å²) in [7, 11) is 2.56. The maximum absolute atomic E-state index is 17.0. The molecule has 20 heteroatoms. The van der Waals surface area contributed by atoms with Gasteiger partial charge < -0.3 is 49.3 Å². The van der Waals surface area contributed by atoms with Crippen molar-refractivity contribution in [2.24, 2.45) is 11.8 Å². The molecule has 0 bridgehead atoms. The lowest BCUT2D eigenvalue weighted by atomic mass is 9.85. The number of benzene rings is 2. The lowest BCUT2D eigenvalue weighted by Crippen LogP contribution is -2.54. The molecule has 2 aromatic carbocycles. The van der Waals surface area contributed by atoms with Crippen molar-refractivity contribution >= 4 is 46.2 Å². The number of likely N-dealkylation sites (tertiary alicyclic amines) is 2. The van der Waals surface area contributed by atoms with Crippen LogP contribution < -0.4 is 15.4 Å². The number of H-pyrrole nitrogens is 2. The lowest BCUT2D eigenvalue weighted by molar-refractivity contribution is -0.138. The van der Waals surface area contributed by atoms with Crippen molar-refractivity contribution in [1.82, 2.24) is 49.9 Å². The maximum Gasteiger partial charge on any atom is 0.407 e. The zero-order chi connectivity index (χ0) is 51.4. The highest BCUT2D eigenvalue weighted by Crippen LogP contribution is 2.48. The third-order valence-corrected chi connectivity index (χ3v) is 16.1. The van der Waals surface area contributed by atoms with Gasteiger partial charge in [-0.15, -0.1) is 11.3 Å². The number of carbonyl (C=O) groups excluding carboxylic acids is 4. The van der Waals surface area contributed by atoms with Crippen molar-refractivity contribution in [1.29, 1.82) is 0 Å². The Balaban J connectivity index is 0.953. The monoisotopic (exact) mass is 1020 g/mol. The Bertz CT molecular complexity index is 3040. The van der Waals surface area contributed by atoms with Crippen LogP contribution in [0.25, 0.3) is 44.7 Å². The SMILES string of the molecule is COC(=O)N[C@H](C(=O)N1CCC[C@H]1c1ncc(-c2cc(F)c3c(c2)OC(c2ncc(C(C)C)s2)n2c-3cc3cc(-c4cnc([C@@H]5CCCN5C(=O)[C@@H](NC(=O)OC)C5C[C@@H](C)O[C@@H](C)C5)[nH]4)ccc32)[nH]1)C(C)C. The molecule has 4 aliphatic rings. The summed E-state index contributed by atoms with van der Waals surface area (Å²) in [5, 5.41) is 7.11. The van der Waals surface area contributed by atoms with Gasteiger partial charge in [0.15, 0.2) is 5.01 Å². The first-order chi connectivity index (χ1) is 35.1. The number of halogens is 1. The van der Waals surface area contributed by atoms with Gasteiger partial charge in [0.25, 0.3) is 0 Å². The highest BCUT2D eigenvalue weighted by atomic mass is 32.1. The van der Waals surface area contributed by atoms with Crippen molar-refractivity contribution < 1.29 is 42.5 Å². The molecule has 6 aromatic rings. The predicted molar refractivity (Wildman–Crippen MR) is 271 cm³/mol. The largest absolute Gasteiger partial charge is 0.462 e. The van der Waals surface area contributed by atoms with E-state index in [9.17, 15) is 19.2 Å². The van der Waals surface area contributed by atoms with E-state index in [2.05, 4.69) is 34.4 Å². The van der Waals surface area contributed by atoms with Crippen molar-refractivity contribution in [3.63, 3.8) is 0 Å². The number of amides is 4. The molecule has 18 nitrogen and oxygen atoms in total. The minimum atomic E-state index is -0.779. The smallest absolute Gasteiger partial charge is 0.407 e. The molecule has 4 amide bonds. The number of hydrogen-bond donors (Lipinski definition) is 4. The van der Waals surface area contributed by atoms with E-state index in [-0.39, 0.29) is 53.9 Å². The second-order valence-corrected chi connectivity index (χ2v) is 21.5. The van der Waals surface area contributed by atoms with Gasteiger partial charge in [-0.2, -0.15) is 0 Å². The van der Waals surface area contributed by atoms with Crippen LogP contribution in [0.2, 0.25) is 0 Å². The van der Waals surface area contributed by atoms with E-state index in [0.29, 0.717) is 78.7 Å². The van der Waals surface area contributed by atoms with E-state index in [0.717, 1.165) is 44.9 Å². The molecule has 10 rings (SSSR count). The van der Waals surface area contributed by atoms with Crippen LogP contribution in [0.4, 0.5) is 14.0 Å². The van der Waals surface area contributed by atoms with Crippen LogP contribution >= 0.6 is 11.3 Å². The second kappa shape index (κ2) is 20.2. The molecular formula is C53H63FN10O8S. The number of nitrogens with zero attached hydrogens (tertiary/aromatic N) is 6. The number of hydrogen-bond acceptors (Lipinski definition) is 12. The molecule has 4 aromatic heterocycles. The quantitative estimate of drug-likeness (QED) is 0.0907. The van der Waals surface area contributed by atoms with E-state index >= 15 is 4.39 Å². The molecule has 2 unspecified atom stereocenters. The lowest BCUT2D eigenvalue weighted by Gasteiger charge is -2.38. The molecule has 4 N–H and O–H groups in total. The van der Waals surface area contributed by atoms with Crippen molar-refractivity contribution in [3.8, 4) is 39.5 Å². The fourth-order valence-corrected chi connectivity index (χ4v) is 12.2. The highest BCUT2D eigenvalue weighted by Gasteiger charge is 2.43. The Labute approximate surface area is 426 Å². The summed E-state index contributed by atoms with van der Waals surface area (Å²) in [5.74, 6) is 0.615. The summed E-state index contributed by atoms with van der Waals surface area (Å²) in [5.41, 5.74) is 4.44. The normalized spacial score (nSPS) is 22.5. The molecule has 0 radical (unpaired) electrons. The summed E-state index contributed by atoms with van der Waals surface area (Å²) < 4.78 is 41.6. The molecule has 73 heavy (non-hydrogen) atoms. The molecular weight excluding hydrogens is 956 g/mol. The Morgan fingerprint density at radius 3 is 2.04 bits per heavy atom. The van der Waals surface area contributed by atoms with Crippen LogP contribution in [0.5, 0.6) is 5.75 Å². The molecule has 8 atom stereocenters. The molecule has 4 aliphatic heterocycles. The molecule has 3 saturated heterocycles. The Kier molecular flexibility index (Phi) is 13.8. The van der Waals surface area contributed by atoms with E-state index in [1.807, 2.05) is 73.7 Å². The van der Waals surface area contributed by atoms with Gasteiger partial charge >= 0.3 is 12.2 Å². The third kappa shape index (κ3) is 9.54. The number of aromatic nitrogens is 6. The van der Waals surface area contributed by atoms with E-state index in [1.54, 1.807) is 28.6 Å². The molecule has 0 saturated carbocycles.